The van der Waals surface area contributed by atoms with E-state index in [4.69, 9.17) is 0 Å². The van der Waals surface area contributed by atoms with Crippen molar-refractivity contribution in [2.75, 3.05) is 23.3 Å². The van der Waals surface area contributed by atoms with Gasteiger partial charge in [0.1, 0.15) is 5.82 Å². The van der Waals surface area contributed by atoms with Crippen LogP contribution in [-0.2, 0) is 6.54 Å². The first-order valence-corrected chi connectivity index (χ1v) is 6.73. The Kier molecular flexibility index (Phi) is 3.40. The number of aromatic amines is 1. The summed E-state index contributed by atoms with van der Waals surface area (Å²) in [6.45, 7) is 2.61. The normalized spacial score (nSPS) is 14.9. The van der Waals surface area contributed by atoms with Gasteiger partial charge in [0, 0.05) is 30.7 Å². The van der Waals surface area contributed by atoms with Crippen LogP contribution in [0.15, 0.2) is 36.5 Å². The Hall–Kier alpha value is -1.97. The first-order valence-electron chi connectivity index (χ1n) is 6.73. The first kappa shape index (κ1) is 12.1. The molecule has 1 aromatic carbocycles. The van der Waals surface area contributed by atoms with Crippen LogP contribution in [0, 0.1) is 5.82 Å². The van der Waals surface area contributed by atoms with E-state index < -0.39 is 0 Å². The molecule has 1 aromatic heterocycles. The second kappa shape index (κ2) is 5.34. The lowest BCUT2D eigenvalue weighted by atomic mass is 10.2. The van der Waals surface area contributed by atoms with Crippen LogP contribution >= 0.6 is 0 Å². The van der Waals surface area contributed by atoms with Crippen molar-refractivity contribution >= 4 is 11.4 Å². The highest BCUT2D eigenvalue weighted by atomic mass is 19.1. The summed E-state index contributed by atoms with van der Waals surface area (Å²) in [5, 5.41) is 3.22. The number of anilines is 2. The highest BCUT2D eigenvalue weighted by molar-refractivity contribution is 5.56. The Morgan fingerprint density at radius 1 is 1.21 bits per heavy atom. The lowest BCUT2D eigenvalue weighted by molar-refractivity contribution is 0.623. The average Bonchev–Trinajstić information content (AvgIpc) is 3.10. The molecule has 3 rings (SSSR count). The molecule has 19 heavy (non-hydrogen) atoms. The summed E-state index contributed by atoms with van der Waals surface area (Å²) in [6.07, 6.45) is 4.20. The Bertz CT molecular complexity index is 530. The van der Waals surface area contributed by atoms with E-state index in [1.165, 1.54) is 0 Å². The van der Waals surface area contributed by atoms with E-state index in [0.717, 1.165) is 43.0 Å². The van der Waals surface area contributed by atoms with Gasteiger partial charge in [-0.1, -0.05) is 0 Å². The molecule has 0 radical (unpaired) electrons. The zero-order chi connectivity index (χ0) is 13.1. The second-order valence-electron chi connectivity index (χ2n) is 4.91. The van der Waals surface area contributed by atoms with Crippen LogP contribution < -0.4 is 10.2 Å². The number of H-pyrrole nitrogens is 1. The molecule has 0 spiro atoms. The topological polar surface area (TPSA) is 31.1 Å². The summed E-state index contributed by atoms with van der Waals surface area (Å²) in [4.78, 5) is 5.23. The van der Waals surface area contributed by atoms with E-state index in [1.807, 2.05) is 30.5 Å². The summed E-state index contributed by atoms with van der Waals surface area (Å²) >= 11 is 0. The molecular formula is C15H18FN3. The molecule has 0 unspecified atom stereocenters. The van der Waals surface area contributed by atoms with Crippen LogP contribution in [-0.4, -0.2) is 18.1 Å². The highest BCUT2D eigenvalue weighted by Crippen LogP contribution is 2.26. The predicted molar refractivity (Wildman–Crippen MR) is 76.0 cm³/mol. The Morgan fingerprint density at radius 3 is 2.74 bits per heavy atom. The average molecular weight is 259 g/mol. The van der Waals surface area contributed by atoms with Crippen LogP contribution in [0.1, 0.15) is 18.5 Å². The third-order valence-electron chi connectivity index (χ3n) is 3.54. The summed E-state index contributed by atoms with van der Waals surface area (Å²) in [5.41, 5.74) is 2.63. The summed E-state index contributed by atoms with van der Waals surface area (Å²) in [7, 11) is 0. The standard InChI is InChI=1S/C15H18FN3/c16-14-10-12(18-11-13-4-3-7-17-13)5-6-15(14)19-8-1-2-9-19/h3-7,10,17-18H,1-2,8-9,11H2. The van der Waals surface area contributed by atoms with Crippen LogP contribution in [0.4, 0.5) is 15.8 Å². The van der Waals surface area contributed by atoms with E-state index in [0.29, 0.717) is 6.54 Å². The van der Waals surface area contributed by atoms with Crippen molar-refractivity contribution in [1.29, 1.82) is 0 Å². The molecule has 0 atom stereocenters. The number of nitrogens with one attached hydrogen (secondary N) is 2. The molecular weight excluding hydrogens is 241 g/mol. The second-order valence-corrected chi connectivity index (χ2v) is 4.91. The van der Waals surface area contributed by atoms with Gasteiger partial charge >= 0.3 is 0 Å². The molecule has 0 aliphatic carbocycles. The Balaban J connectivity index is 1.68. The molecule has 1 aliphatic rings. The van der Waals surface area contributed by atoms with Crippen molar-refractivity contribution in [2.45, 2.75) is 19.4 Å². The minimum atomic E-state index is -0.140. The number of hydrogen-bond acceptors (Lipinski definition) is 2. The van der Waals surface area contributed by atoms with E-state index in [2.05, 4.69) is 15.2 Å². The molecule has 1 fully saturated rings. The van der Waals surface area contributed by atoms with Gasteiger partial charge in [0.25, 0.3) is 0 Å². The molecule has 100 valence electrons. The molecule has 2 N–H and O–H groups in total. The van der Waals surface area contributed by atoms with Gasteiger partial charge in [-0.15, -0.1) is 0 Å². The molecule has 0 amide bonds. The van der Waals surface area contributed by atoms with Gasteiger partial charge in [-0.2, -0.15) is 0 Å². The van der Waals surface area contributed by atoms with E-state index in [-0.39, 0.29) is 5.82 Å². The number of aromatic nitrogens is 1. The summed E-state index contributed by atoms with van der Waals surface area (Å²) < 4.78 is 14.1. The van der Waals surface area contributed by atoms with Crippen LogP contribution in [0.3, 0.4) is 0 Å². The zero-order valence-corrected chi connectivity index (χ0v) is 10.8. The van der Waals surface area contributed by atoms with Gasteiger partial charge in [-0.05, 0) is 43.2 Å². The summed E-state index contributed by atoms with van der Waals surface area (Å²) in [6, 6.07) is 9.35. The van der Waals surface area contributed by atoms with Crippen LogP contribution in [0.25, 0.3) is 0 Å². The zero-order valence-electron chi connectivity index (χ0n) is 10.8. The van der Waals surface area contributed by atoms with Gasteiger partial charge in [-0.3, -0.25) is 0 Å². The monoisotopic (exact) mass is 259 g/mol. The smallest absolute Gasteiger partial charge is 0.148 e. The van der Waals surface area contributed by atoms with Crippen LogP contribution in [0.2, 0.25) is 0 Å². The van der Waals surface area contributed by atoms with Crippen molar-refractivity contribution in [1.82, 2.24) is 4.98 Å². The maximum Gasteiger partial charge on any atom is 0.148 e. The number of nitrogens with zero attached hydrogens (tertiary/aromatic N) is 1. The minimum absolute atomic E-state index is 0.140. The van der Waals surface area contributed by atoms with Crippen molar-refractivity contribution in [3.05, 3.63) is 48.0 Å². The number of benzene rings is 1. The fraction of sp³-hybridized carbons (Fsp3) is 0.333. The van der Waals surface area contributed by atoms with Crippen molar-refractivity contribution < 1.29 is 4.39 Å². The minimum Gasteiger partial charge on any atom is -0.379 e. The first-order chi connectivity index (χ1) is 9.33. The molecule has 2 aromatic rings. The van der Waals surface area contributed by atoms with E-state index in [9.17, 15) is 4.39 Å². The van der Waals surface area contributed by atoms with Gasteiger partial charge in [0.05, 0.1) is 12.2 Å². The molecule has 1 saturated heterocycles. The number of rotatable bonds is 4. The largest absolute Gasteiger partial charge is 0.379 e. The van der Waals surface area contributed by atoms with Crippen molar-refractivity contribution in [2.24, 2.45) is 0 Å². The summed E-state index contributed by atoms with van der Waals surface area (Å²) in [5.74, 6) is -0.140. The fourth-order valence-corrected chi connectivity index (χ4v) is 2.51. The van der Waals surface area contributed by atoms with Gasteiger partial charge in [-0.25, -0.2) is 4.39 Å². The number of halogens is 1. The van der Waals surface area contributed by atoms with E-state index >= 15 is 0 Å². The van der Waals surface area contributed by atoms with Gasteiger partial charge in [0.2, 0.25) is 0 Å². The predicted octanol–water partition coefficient (Wildman–Crippen LogP) is 3.37. The number of hydrogen-bond donors (Lipinski definition) is 2. The highest BCUT2D eigenvalue weighted by Gasteiger charge is 2.15. The third-order valence-corrected chi connectivity index (χ3v) is 3.54. The molecule has 4 heteroatoms. The SMILES string of the molecule is Fc1cc(NCc2ccc[nH]2)ccc1N1CCCC1. The lowest BCUT2D eigenvalue weighted by Crippen LogP contribution is -2.18. The van der Waals surface area contributed by atoms with Gasteiger partial charge < -0.3 is 15.2 Å². The van der Waals surface area contributed by atoms with E-state index in [1.54, 1.807) is 6.07 Å². The fourth-order valence-electron chi connectivity index (χ4n) is 2.51. The molecule has 0 bridgehead atoms. The maximum atomic E-state index is 14.1. The lowest BCUT2D eigenvalue weighted by Gasteiger charge is -2.19. The van der Waals surface area contributed by atoms with Gasteiger partial charge in [0.15, 0.2) is 0 Å². The molecule has 0 saturated carbocycles. The third kappa shape index (κ3) is 2.72. The maximum absolute atomic E-state index is 14.1. The molecule has 3 nitrogen and oxygen atoms in total. The van der Waals surface area contributed by atoms with Crippen LogP contribution in [0.5, 0.6) is 0 Å². The molecule has 2 heterocycles. The Morgan fingerprint density at radius 2 is 2.05 bits per heavy atom. The van der Waals surface area contributed by atoms with Crippen molar-refractivity contribution in [3.8, 4) is 0 Å². The van der Waals surface area contributed by atoms with Crippen molar-refractivity contribution in [3.63, 3.8) is 0 Å². The Labute approximate surface area is 112 Å². The quantitative estimate of drug-likeness (QED) is 0.882. The molecule has 1 aliphatic heterocycles.